The van der Waals surface area contributed by atoms with E-state index in [1.807, 2.05) is 5.32 Å². The Kier molecular flexibility index (Phi) is 4.43. The molecule has 12 heavy (non-hydrogen) atoms. The highest BCUT2D eigenvalue weighted by Crippen LogP contribution is 1.88. The van der Waals surface area contributed by atoms with Crippen LogP contribution in [-0.4, -0.2) is 30.2 Å². The molecule has 2 amide bonds. The topological polar surface area (TPSA) is 92.7 Å². The smallest absolute Gasteiger partial charge is 0.413 e. The third kappa shape index (κ3) is 5.21. The van der Waals surface area contributed by atoms with Crippen LogP contribution in [0.3, 0.4) is 0 Å². The number of carbonyl (C=O) groups is 3. The SMILES string of the molecule is COC(=O)NC(=O)CCC(=O)O. The second-order valence-corrected chi connectivity index (χ2v) is 1.93. The van der Waals surface area contributed by atoms with Crippen molar-refractivity contribution in [3.8, 4) is 0 Å². The van der Waals surface area contributed by atoms with Crippen LogP contribution in [0.4, 0.5) is 4.79 Å². The zero-order valence-corrected chi connectivity index (χ0v) is 6.49. The fourth-order valence-corrected chi connectivity index (χ4v) is 0.448. The first-order valence-corrected chi connectivity index (χ1v) is 3.16. The van der Waals surface area contributed by atoms with Gasteiger partial charge in [-0.05, 0) is 0 Å². The first-order valence-electron chi connectivity index (χ1n) is 3.16. The van der Waals surface area contributed by atoms with Crippen molar-refractivity contribution in [1.29, 1.82) is 0 Å². The van der Waals surface area contributed by atoms with Gasteiger partial charge in [-0.3, -0.25) is 14.9 Å². The van der Waals surface area contributed by atoms with Crippen LogP contribution < -0.4 is 5.32 Å². The number of nitrogens with one attached hydrogen (secondary N) is 1. The second-order valence-electron chi connectivity index (χ2n) is 1.93. The third-order valence-corrected chi connectivity index (χ3v) is 0.993. The minimum atomic E-state index is -1.09. The van der Waals surface area contributed by atoms with Crippen molar-refractivity contribution in [2.45, 2.75) is 12.8 Å². The molecule has 68 valence electrons. The average molecular weight is 175 g/mol. The molecule has 0 unspecified atom stereocenters. The fourth-order valence-electron chi connectivity index (χ4n) is 0.448. The van der Waals surface area contributed by atoms with Gasteiger partial charge in [-0.25, -0.2) is 4.79 Å². The summed E-state index contributed by atoms with van der Waals surface area (Å²) in [5.41, 5.74) is 0. The van der Waals surface area contributed by atoms with Gasteiger partial charge in [0.25, 0.3) is 0 Å². The highest BCUT2D eigenvalue weighted by Gasteiger charge is 2.08. The van der Waals surface area contributed by atoms with E-state index in [0.29, 0.717) is 0 Å². The van der Waals surface area contributed by atoms with E-state index in [4.69, 9.17) is 5.11 Å². The Morgan fingerprint density at radius 1 is 1.33 bits per heavy atom. The molecule has 0 aromatic heterocycles. The molecule has 0 atom stereocenters. The number of carbonyl (C=O) groups excluding carboxylic acids is 2. The van der Waals surface area contributed by atoms with Gasteiger partial charge in [-0.2, -0.15) is 0 Å². The van der Waals surface area contributed by atoms with Crippen LogP contribution in [0, 0.1) is 0 Å². The highest BCUT2D eigenvalue weighted by atomic mass is 16.5. The lowest BCUT2D eigenvalue weighted by molar-refractivity contribution is -0.138. The van der Waals surface area contributed by atoms with Crippen molar-refractivity contribution in [2.24, 2.45) is 0 Å². The van der Waals surface area contributed by atoms with E-state index in [1.165, 1.54) is 0 Å². The normalized spacial score (nSPS) is 8.75. The Morgan fingerprint density at radius 2 is 1.92 bits per heavy atom. The monoisotopic (exact) mass is 175 g/mol. The second kappa shape index (κ2) is 5.11. The lowest BCUT2D eigenvalue weighted by atomic mass is 10.3. The summed E-state index contributed by atoms with van der Waals surface area (Å²) in [5, 5.41) is 9.98. The van der Waals surface area contributed by atoms with Crippen LogP contribution in [-0.2, 0) is 14.3 Å². The zero-order chi connectivity index (χ0) is 9.56. The standard InChI is InChI=1S/C6H9NO5/c1-12-6(11)7-4(8)2-3-5(9)10/h2-3H2,1H3,(H,9,10)(H,7,8,11). The van der Waals surface area contributed by atoms with E-state index < -0.39 is 18.0 Å². The number of alkyl carbamates (subject to hydrolysis) is 1. The van der Waals surface area contributed by atoms with Crippen molar-refractivity contribution >= 4 is 18.0 Å². The lowest BCUT2D eigenvalue weighted by Crippen LogP contribution is -2.30. The molecule has 0 heterocycles. The van der Waals surface area contributed by atoms with Gasteiger partial charge in [0.15, 0.2) is 0 Å². The van der Waals surface area contributed by atoms with Gasteiger partial charge in [-0.1, -0.05) is 0 Å². The van der Waals surface area contributed by atoms with Gasteiger partial charge in [-0.15, -0.1) is 0 Å². The Bertz CT molecular complexity index is 200. The number of methoxy groups -OCH3 is 1. The van der Waals surface area contributed by atoms with Crippen molar-refractivity contribution in [2.75, 3.05) is 7.11 Å². The molecule has 0 spiro atoms. The lowest BCUT2D eigenvalue weighted by Gasteiger charge is -1.99. The van der Waals surface area contributed by atoms with Crippen molar-refractivity contribution in [1.82, 2.24) is 5.32 Å². The third-order valence-electron chi connectivity index (χ3n) is 0.993. The molecule has 0 aliphatic heterocycles. The number of hydrogen-bond donors (Lipinski definition) is 2. The van der Waals surface area contributed by atoms with Crippen molar-refractivity contribution in [3.05, 3.63) is 0 Å². The predicted octanol–water partition coefficient (Wildman–Crippen LogP) is -0.266. The Labute approximate surface area is 68.5 Å². The molecular formula is C6H9NO5. The van der Waals surface area contributed by atoms with E-state index >= 15 is 0 Å². The summed E-state index contributed by atoms with van der Waals surface area (Å²) in [6.07, 6.45) is -1.42. The van der Waals surface area contributed by atoms with E-state index in [0.717, 1.165) is 7.11 Å². The number of carboxylic acid groups (broad SMARTS) is 1. The van der Waals surface area contributed by atoms with E-state index in [9.17, 15) is 14.4 Å². The molecule has 6 nitrogen and oxygen atoms in total. The maximum atomic E-state index is 10.6. The van der Waals surface area contributed by atoms with Crippen molar-refractivity contribution < 1.29 is 24.2 Å². The molecule has 2 N–H and O–H groups in total. The number of hydrogen-bond acceptors (Lipinski definition) is 4. The molecule has 0 aliphatic carbocycles. The van der Waals surface area contributed by atoms with Crippen molar-refractivity contribution in [3.63, 3.8) is 0 Å². The largest absolute Gasteiger partial charge is 0.481 e. The Hall–Kier alpha value is -1.59. The predicted molar refractivity (Wildman–Crippen MR) is 37.4 cm³/mol. The summed E-state index contributed by atoms with van der Waals surface area (Å²) >= 11 is 0. The first kappa shape index (κ1) is 10.4. The van der Waals surface area contributed by atoms with Gasteiger partial charge in [0.1, 0.15) is 0 Å². The van der Waals surface area contributed by atoms with Crippen LogP contribution in [0.25, 0.3) is 0 Å². The molecule has 0 radical (unpaired) electrons. The summed E-state index contributed by atoms with van der Waals surface area (Å²) in [4.78, 5) is 31.0. The van der Waals surface area contributed by atoms with Gasteiger partial charge >= 0.3 is 12.1 Å². The first-order chi connectivity index (χ1) is 5.56. The molecule has 0 bridgehead atoms. The van der Waals surface area contributed by atoms with E-state index in [1.54, 1.807) is 0 Å². The molecule has 0 aromatic carbocycles. The van der Waals surface area contributed by atoms with Crippen LogP contribution in [0.1, 0.15) is 12.8 Å². The molecule has 0 saturated heterocycles. The minimum Gasteiger partial charge on any atom is -0.481 e. The summed E-state index contributed by atoms with van der Waals surface area (Å²) < 4.78 is 4.11. The Morgan fingerprint density at radius 3 is 2.33 bits per heavy atom. The van der Waals surface area contributed by atoms with Crippen LogP contribution in [0.5, 0.6) is 0 Å². The molecule has 0 saturated carbocycles. The molecule has 0 fully saturated rings. The molecule has 0 rings (SSSR count). The number of rotatable bonds is 3. The number of amides is 2. The number of ether oxygens (including phenoxy) is 1. The number of aliphatic carboxylic acids is 1. The van der Waals surface area contributed by atoms with Gasteiger partial charge in [0, 0.05) is 6.42 Å². The molecule has 6 heteroatoms. The summed E-state index contributed by atoms with van der Waals surface area (Å²) in [7, 11) is 1.11. The molecular weight excluding hydrogens is 166 g/mol. The quantitative estimate of drug-likeness (QED) is 0.616. The zero-order valence-electron chi connectivity index (χ0n) is 6.49. The summed E-state index contributed by atoms with van der Waals surface area (Å²) in [6, 6.07) is 0. The average Bonchev–Trinajstić information content (AvgIpc) is 2.00. The van der Waals surface area contributed by atoms with E-state index in [-0.39, 0.29) is 12.8 Å². The van der Waals surface area contributed by atoms with Crippen LogP contribution >= 0.6 is 0 Å². The van der Waals surface area contributed by atoms with E-state index in [2.05, 4.69) is 4.74 Å². The fraction of sp³-hybridized carbons (Fsp3) is 0.500. The summed E-state index contributed by atoms with van der Waals surface area (Å²) in [6.45, 7) is 0. The Balaban J connectivity index is 3.60. The van der Waals surface area contributed by atoms with Crippen LogP contribution in [0.15, 0.2) is 0 Å². The van der Waals surface area contributed by atoms with Gasteiger partial charge < -0.3 is 9.84 Å². The van der Waals surface area contributed by atoms with Gasteiger partial charge in [0.2, 0.25) is 5.91 Å². The van der Waals surface area contributed by atoms with Crippen LogP contribution in [0.2, 0.25) is 0 Å². The number of carboxylic acids is 1. The van der Waals surface area contributed by atoms with Gasteiger partial charge in [0.05, 0.1) is 13.5 Å². The molecule has 0 aliphatic rings. The minimum absolute atomic E-state index is 0.232. The molecule has 0 aromatic rings. The summed E-state index contributed by atoms with van der Waals surface area (Å²) in [5.74, 6) is -1.75. The highest BCUT2D eigenvalue weighted by molar-refractivity contribution is 5.92. The maximum Gasteiger partial charge on any atom is 0.413 e. The number of imide groups is 1. The maximum absolute atomic E-state index is 10.6.